The number of carbonyl (C=O) groups excluding carboxylic acids is 1. The van der Waals surface area contributed by atoms with Gasteiger partial charge in [-0.3, -0.25) is 4.79 Å². The minimum Gasteiger partial charge on any atom is -0.294 e. The fourth-order valence-electron chi connectivity index (χ4n) is 2.05. The van der Waals surface area contributed by atoms with Crippen molar-refractivity contribution in [2.24, 2.45) is 5.92 Å². The summed E-state index contributed by atoms with van der Waals surface area (Å²) in [5.41, 5.74) is 2.13. The van der Waals surface area contributed by atoms with Gasteiger partial charge in [-0.2, -0.15) is 0 Å². The van der Waals surface area contributed by atoms with Gasteiger partial charge in [-0.15, -0.1) is 0 Å². The third kappa shape index (κ3) is 2.77. The van der Waals surface area contributed by atoms with E-state index in [1.165, 1.54) is 5.56 Å². The number of Topliss-reactive ketones (excluding diaryl/α,β-unsaturated/α-hetero) is 1. The zero-order chi connectivity index (χ0) is 13.6. The van der Waals surface area contributed by atoms with Gasteiger partial charge < -0.3 is 0 Å². The fraction of sp³-hybridized carbons (Fsp3) is 0.562. The first-order valence-electron chi connectivity index (χ1n) is 6.69. The molecule has 0 amide bonds. The van der Waals surface area contributed by atoms with E-state index in [1.807, 2.05) is 52.8 Å². The lowest BCUT2D eigenvalue weighted by Gasteiger charge is -2.23. The highest BCUT2D eigenvalue weighted by Gasteiger charge is 2.42. The van der Waals surface area contributed by atoms with Gasteiger partial charge in [0.15, 0.2) is 5.78 Å². The van der Waals surface area contributed by atoms with Crippen molar-refractivity contribution in [3.8, 4) is 0 Å². The van der Waals surface area contributed by atoms with Gasteiger partial charge in [-0.1, -0.05) is 72.7 Å². The molecule has 1 aromatic carbocycles. The largest absolute Gasteiger partial charge is 0.294 e. The average Bonchev–Trinajstić information content (AvgIpc) is 2.57. The third-order valence-corrected chi connectivity index (χ3v) is 3.36. The Labute approximate surface area is 106 Å². The van der Waals surface area contributed by atoms with Crippen molar-refractivity contribution in [2.45, 2.75) is 53.9 Å². The molecular formula is C16H26O. The first kappa shape index (κ1) is 15.9. The molecule has 17 heavy (non-hydrogen) atoms. The van der Waals surface area contributed by atoms with E-state index in [1.54, 1.807) is 0 Å². The molecule has 1 heteroatoms. The van der Waals surface area contributed by atoms with E-state index in [4.69, 9.17) is 0 Å². The Bertz CT molecular complexity index is 364. The lowest BCUT2D eigenvalue weighted by molar-refractivity contribution is 0.0912. The molecule has 1 unspecified atom stereocenters. The van der Waals surface area contributed by atoms with Crippen LogP contribution in [-0.4, -0.2) is 5.78 Å². The molecule has 1 aliphatic carbocycles. The Morgan fingerprint density at radius 2 is 1.47 bits per heavy atom. The van der Waals surface area contributed by atoms with Crippen LogP contribution in [-0.2, 0) is 5.41 Å². The second-order valence-corrected chi connectivity index (χ2v) is 4.35. The zero-order valence-corrected chi connectivity index (χ0v) is 12.3. The Balaban J connectivity index is 0.000000581. The number of carbonyl (C=O) groups is 1. The fourth-order valence-corrected chi connectivity index (χ4v) is 2.05. The number of ketones is 1. The van der Waals surface area contributed by atoms with Gasteiger partial charge in [-0.05, 0) is 5.56 Å². The van der Waals surface area contributed by atoms with Crippen LogP contribution in [0.4, 0.5) is 0 Å². The van der Waals surface area contributed by atoms with Gasteiger partial charge >= 0.3 is 0 Å². The van der Waals surface area contributed by atoms with E-state index >= 15 is 0 Å². The van der Waals surface area contributed by atoms with Gasteiger partial charge in [0.25, 0.3) is 0 Å². The summed E-state index contributed by atoms with van der Waals surface area (Å²) in [5, 5.41) is 0. The molecule has 0 aliphatic heterocycles. The summed E-state index contributed by atoms with van der Waals surface area (Å²) in [5.74, 6) is 0.408. The molecule has 1 atom stereocenters. The molecule has 0 spiro atoms. The Morgan fingerprint density at radius 3 is 1.94 bits per heavy atom. The maximum atomic E-state index is 11.8. The second-order valence-electron chi connectivity index (χ2n) is 4.35. The molecule has 0 aromatic heterocycles. The van der Waals surface area contributed by atoms with E-state index < -0.39 is 0 Å². The Kier molecular flexibility index (Phi) is 6.15. The predicted octanol–water partition coefficient (Wildman–Crippen LogP) is 4.85. The van der Waals surface area contributed by atoms with Crippen LogP contribution in [0.2, 0.25) is 0 Å². The molecule has 96 valence electrons. The molecule has 1 aliphatic rings. The molecule has 0 bridgehead atoms. The maximum Gasteiger partial charge on any atom is 0.166 e. The molecule has 2 rings (SSSR count). The van der Waals surface area contributed by atoms with E-state index in [9.17, 15) is 4.79 Å². The first-order chi connectivity index (χ1) is 8.05. The minimum absolute atomic E-state index is 0.00762. The van der Waals surface area contributed by atoms with E-state index in [0.29, 0.717) is 5.78 Å². The van der Waals surface area contributed by atoms with Crippen LogP contribution < -0.4 is 0 Å². The van der Waals surface area contributed by atoms with Crippen LogP contribution in [0, 0.1) is 5.92 Å². The summed E-state index contributed by atoms with van der Waals surface area (Å²) < 4.78 is 0. The summed E-state index contributed by atoms with van der Waals surface area (Å²) in [7, 11) is 0. The van der Waals surface area contributed by atoms with Crippen molar-refractivity contribution in [1.82, 2.24) is 0 Å². The summed E-state index contributed by atoms with van der Waals surface area (Å²) in [6.07, 6.45) is 0. The number of benzene rings is 1. The van der Waals surface area contributed by atoms with Gasteiger partial charge in [0.2, 0.25) is 0 Å². The second kappa shape index (κ2) is 6.58. The first-order valence-corrected chi connectivity index (χ1v) is 6.69. The molecule has 1 aromatic rings. The van der Waals surface area contributed by atoms with Crippen LogP contribution in [0.3, 0.4) is 0 Å². The standard InChI is InChI=1S/C12H14O.2C2H6/c1-8-11(13)9-6-4-5-7-10(9)12(8,2)3;2*1-2/h4-8H,1-3H3;2*1-2H3. The van der Waals surface area contributed by atoms with Crippen molar-refractivity contribution in [2.75, 3.05) is 0 Å². The number of rotatable bonds is 0. The smallest absolute Gasteiger partial charge is 0.166 e. The third-order valence-electron chi connectivity index (χ3n) is 3.36. The summed E-state index contributed by atoms with van der Waals surface area (Å²) >= 11 is 0. The highest BCUT2D eigenvalue weighted by atomic mass is 16.1. The average molecular weight is 234 g/mol. The van der Waals surface area contributed by atoms with Gasteiger partial charge in [0.1, 0.15) is 0 Å². The van der Waals surface area contributed by atoms with Crippen molar-refractivity contribution in [3.63, 3.8) is 0 Å². The summed E-state index contributed by atoms with van der Waals surface area (Å²) in [6, 6.07) is 7.94. The monoisotopic (exact) mass is 234 g/mol. The highest BCUT2D eigenvalue weighted by molar-refractivity contribution is 6.03. The van der Waals surface area contributed by atoms with Crippen LogP contribution in [0.15, 0.2) is 24.3 Å². The van der Waals surface area contributed by atoms with Crippen molar-refractivity contribution in [1.29, 1.82) is 0 Å². The Morgan fingerprint density at radius 1 is 1.00 bits per heavy atom. The SMILES string of the molecule is CC.CC.CC1C(=O)c2ccccc2C1(C)C. The maximum absolute atomic E-state index is 11.8. The predicted molar refractivity (Wildman–Crippen MR) is 75.7 cm³/mol. The lowest BCUT2D eigenvalue weighted by atomic mass is 9.79. The van der Waals surface area contributed by atoms with Gasteiger partial charge in [0, 0.05) is 16.9 Å². The molecule has 0 N–H and O–H groups in total. The lowest BCUT2D eigenvalue weighted by Crippen LogP contribution is -2.23. The topological polar surface area (TPSA) is 17.1 Å². The molecule has 1 nitrogen and oxygen atoms in total. The number of hydrogen-bond donors (Lipinski definition) is 0. The summed E-state index contributed by atoms with van der Waals surface area (Å²) in [6.45, 7) is 14.3. The van der Waals surface area contributed by atoms with E-state index in [0.717, 1.165) is 5.56 Å². The molecular weight excluding hydrogens is 208 g/mol. The normalized spacial score (nSPS) is 19.5. The van der Waals surface area contributed by atoms with Crippen molar-refractivity contribution in [3.05, 3.63) is 35.4 Å². The molecule has 0 saturated heterocycles. The Hall–Kier alpha value is -1.11. The zero-order valence-electron chi connectivity index (χ0n) is 12.3. The van der Waals surface area contributed by atoms with E-state index in [2.05, 4.69) is 19.9 Å². The molecule has 0 radical (unpaired) electrons. The van der Waals surface area contributed by atoms with E-state index in [-0.39, 0.29) is 11.3 Å². The minimum atomic E-state index is 0.00762. The van der Waals surface area contributed by atoms with Crippen molar-refractivity contribution >= 4 is 5.78 Å². The van der Waals surface area contributed by atoms with Crippen molar-refractivity contribution < 1.29 is 4.79 Å². The summed E-state index contributed by atoms with van der Waals surface area (Å²) in [4.78, 5) is 11.8. The molecule has 0 heterocycles. The quantitative estimate of drug-likeness (QED) is 0.627. The van der Waals surface area contributed by atoms with Crippen LogP contribution in [0.5, 0.6) is 0 Å². The number of fused-ring (bicyclic) bond motifs is 1. The van der Waals surface area contributed by atoms with Crippen LogP contribution in [0.1, 0.15) is 64.4 Å². The molecule has 0 fully saturated rings. The van der Waals surface area contributed by atoms with Crippen LogP contribution in [0.25, 0.3) is 0 Å². The number of hydrogen-bond acceptors (Lipinski definition) is 1. The van der Waals surface area contributed by atoms with Crippen LogP contribution >= 0.6 is 0 Å². The van der Waals surface area contributed by atoms with Gasteiger partial charge in [0.05, 0.1) is 0 Å². The highest BCUT2D eigenvalue weighted by Crippen LogP contribution is 2.42. The molecule has 0 saturated carbocycles. The van der Waals surface area contributed by atoms with Gasteiger partial charge in [-0.25, -0.2) is 0 Å².